The molecule has 0 aliphatic heterocycles. The molecule has 2 N–H and O–H groups in total. The zero-order valence-corrected chi connectivity index (χ0v) is 8.61. The molecule has 1 aromatic heterocycles. The van der Waals surface area contributed by atoms with Crippen molar-refractivity contribution in [2.45, 2.75) is 26.3 Å². The molecule has 1 heterocycles. The van der Waals surface area contributed by atoms with E-state index in [2.05, 4.69) is 5.32 Å². The molecular weight excluding hydrogens is 180 g/mol. The summed E-state index contributed by atoms with van der Waals surface area (Å²) >= 11 is 0. The summed E-state index contributed by atoms with van der Waals surface area (Å²) in [5.74, 6) is -0.141. The topological polar surface area (TPSA) is 53.2 Å². The van der Waals surface area contributed by atoms with E-state index in [1.807, 2.05) is 20.8 Å². The van der Waals surface area contributed by atoms with Crippen LogP contribution in [0.2, 0.25) is 0 Å². The standard InChI is InChI=1S/C10H14N2O2/c1-10(2,3)11-9(13)8-4-6-12(14)7-5-8/h4-7H,1-3H3,(H-,11,13,14)/p+1. The first-order valence-corrected chi connectivity index (χ1v) is 4.41. The lowest BCUT2D eigenvalue weighted by atomic mass is 10.1. The van der Waals surface area contributed by atoms with Crippen molar-refractivity contribution < 1.29 is 14.7 Å². The zero-order chi connectivity index (χ0) is 10.8. The normalized spacial score (nSPS) is 11.1. The van der Waals surface area contributed by atoms with E-state index in [9.17, 15) is 4.79 Å². The highest BCUT2D eigenvalue weighted by atomic mass is 16.5. The fraction of sp³-hybridized carbons (Fsp3) is 0.400. The van der Waals surface area contributed by atoms with Crippen LogP contribution in [-0.4, -0.2) is 16.7 Å². The highest BCUT2D eigenvalue weighted by Crippen LogP contribution is 2.02. The summed E-state index contributed by atoms with van der Waals surface area (Å²) in [6.07, 6.45) is 2.83. The molecule has 14 heavy (non-hydrogen) atoms. The predicted molar refractivity (Wildman–Crippen MR) is 51.0 cm³/mol. The molecule has 1 aromatic rings. The SMILES string of the molecule is CC(C)(C)NC(=O)c1cc[n+](O)cc1. The molecule has 0 saturated carbocycles. The van der Waals surface area contributed by atoms with Crippen molar-refractivity contribution in [3.05, 3.63) is 30.1 Å². The molecule has 0 radical (unpaired) electrons. The van der Waals surface area contributed by atoms with Crippen molar-refractivity contribution in [1.82, 2.24) is 5.32 Å². The number of pyridine rings is 1. The van der Waals surface area contributed by atoms with Gasteiger partial charge in [-0.2, -0.15) is 0 Å². The number of nitrogens with zero attached hydrogens (tertiary/aromatic N) is 1. The minimum absolute atomic E-state index is 0.141. The first-order chi connectivity index (χ1) is 6.38. The van der Waals surface area contributed by atoms with Gasteiger partial charge in [0.1, 0.15) is 0 Å². The average molecular weight is 195 g/mol. The zero-order valence-electron chi connectivity index (χ0n) is 8.61. The Hall–Kier alpha value is -1.58. The Bertz CT molecular complexity index is 325. The Morgan fingerprint density at radius 1 is 1.36 bits per heavy atom. The summed E-state index contributed by atoms with van der Waals surface area (Å²) in [5.41, 5.74) is 0.285. The van der Waals surface area contributed by atoms with Gasteiger partial charge in [-0.05, 0) is 20.8 Å². The smallest absolute Gasteiger partial charge is 0.252 e. The van der Waals surface area contributed by atoms with Gasteiger partial charge in [0.15, 0.2) is 0 Å². The maximum atomic E-state index is 11.6. The number of hydrogen-bond acceptors (Lipinski definition) is 2. The fourth-order valence-electron chi connectivity index (χ4n) is 0.983. The molecule has 0 aliphatic carbocycles. The second kappa shape index (κ2) is 3.65. The molecule has 4 heteroatoms. The molecule has 0 spiro atoms. The molecule has 4 nitrogen and oxygen atoms in total. The Labute approximate surface area is 83.1 Å². The van der Waals surface area contributed by atoms with Gasteiger partial charge in [0, 0.05) is 22.4 Å². The second-order valence-corrected chi connectivity index (χ2v) is 4.17. The Morgan fingerprint density at radius 2 is 1.86 bits per heavy atom. The molecule has 1 rings (SSSR count). The fourth-order valence-corrected chi connectivity index (χ4v) is 0.983. The molecule has 0 atom stereocenters. The third kappa shape index (κ3) is 3.05. The number of nitrogens with one attached hydrogen (secondary N) is 1. The van der Waals surface area contributed by atoms with Gasteiger partial charge in [-0.1, -0.05) is 0 Å². The van der Waals surface area contributed by atoms with Crippen molar-refractivity contribution in [3.8, 4) is 0 Å². The van der Waals surface area contributed by atoms with Gasteiger partial charge < -0.3 is 5.32 Å². The van der Waals surface area contributed by atoms with E-state index in [1.165, 1.54) is 12.4 Å². The molecular formula is C10H15N2O2+. The van der Waals surface area contributed by atoms with Crippen LogP contribution in [0.3, 0.4) is 0 Å². The van der Waals surface area contributed by atoms with Crippen LogP contribution >= 0.6 is 0 Å². The molecule has 0 fully saturated rings. The van der Waals surface area contributed by atoms with E-state index in [0.717, 1.165) is 4.73 Å². The van der Waals surface area contributed by atoms with Crippen LogP contribution in [0.1, 0.15) is 31.1 Å². The van der Waals surface area contributed by atoms with Gasteiger partial charge in [-0.3, -0.25) is 10.0 Å². The second-order valence-electron chi connectivity index (χ2n) is 4.17. The first kappa shape index (κ1) is 10.5. The summed E-state index contributed by atoms with van der Waals surface area (Å²) in [7, 11) is 0. The van der Waals surface area contributed by atoms with Gasteiger partial charge in [0.25, 0.3) is 5.91 Å². The van der Waals surface area contributed by atoms with E-state index in [1.54, 1.807) is 12.1 Å². The minimum Gasteiger partial charge on any atom is -0.347 e. The first-order valence-electron chi connectivity index (χ1n) is 4.41. The van der Waals surface area contributed by atoms with Gasteiger partial charge in [0.05, 0.1) is 5.56 Å². The van der Waals surface area contributed by atoms with E-state index in [-0.39, 0.29) is 11.4 Å². The largest absolute Gasteiger partial charge is 0.347 e. The number of aromatic nitrogens is 1. The van der Waals surface area contributed by atoms with Crippen LogP contribution in [0.5, 0.6) is 0 Å². The quantitative estimate of drug-likeness (QED) is 0.513. The molecule has 1 amide bonds. The van der Waals surface area contributed by atoms with Crippen molar-refractivity contribution in [2.24, 2.45) is 0 Å². The van der Waals surface area contributed by atoms with Gasteiger partial charge in [0.2, 0.25) is 12.4 Å². The van der Waals surface area contributed by atoms with E-state index in [0.29, 0.717) is 5.56 Å². The highest BCUT2D eigenvalue weighted by Gasteiger charge is 2.15. The third-order valence-electron chi connectivity index (χ3n) is 1.56. The molecule has 0 aliphatic rings. The van der Waals surface area contributed by atoms with E-state index in [4.69, 9.17) is 5.21 Å². The van der Waals surface area contributed by atoms with E-state index < -0.39 is 0 Å². The van der Waals surface area contributed by atoms with Crippen LogP contribution in [0.25, 0.3) is 0 Å². The number of carbonyl (C=O) groups excluding carboxylic acids is 1. The molecule has 0 saturated heterocycles. The summed E-state index contributed by atoms with van der Waals surface area (Å²) in [4.78, 5) is 11.6. The predicted octanol–water partition coefficient (Wildman–Crippen LogP) is 0.740. The average Bonchev–Trinajstić information content (AvgIpc) is 2.02. The van der Waals surface area contributed by atoms with Crippen LogP contribution in [-0.2, 0) is 0 Å². The van der Waals surface area contributed by atoms with Crippen molar-refractivity contribution in [2.75, 3.05) is 0 Å². The highest BCUT2D eigenvalue weighted by molar-refractivity contribution is 5.94. The summed E-state index contributed by atoms with van der Waals surface area (Å²) in [5, 5.41) is 11.8. The molecule has 76 valence electrons. The summed E-state index contributed by atoms with van der Waals surface area (Å²) < 4.78 is 0.897. The number of carbonyl (C=O) groups is 1. The number of rotatable bonds is 1. The summed E-state index contributed by atoms with van der Waals surface area (Å²) in [6.45, 7) is 5.75. The maximum Gasteiger partial charge on any atom is 0.252 e. The Morgan fingerprint density at radius 3 is 2.29 bits per heavy atom. The van der Waals surface area contributed by atoms with Crippen LogP contribution in [0, 0.1) is 0 Å². The van der Waals surface area contributed by atoms with E-state index >= 15 is 0 Å². The number of amides is 1. The van der Waals surface area contributed by atoms with Crippen molar-refractivity contribution >= 4 is 5.91 Å². The lowest BCUT2D eigenvalue weighted by molar-refractivity contribution is -0.904. The molecule has 0 aromatic carbocycles. The minimum atomic E-state index is -0.248. The van der Waals surface area contributed by atoms with Crippen molar-refractivity contribution in [3.63, 3.8) is 0 Å². The lowest BCUT2D eigenvalue weighted by Crippen LogP contribution is -2.41. The Balaban J connectivity index is 2.76. The van der Waals surface area contributed by atoms with Crippen LogP contribution in [0.15, 0.2) is 24.5 Å². The Kier molecular flexibility index (Phi) is 2.74. The monoisotopic (exact) mass is 195 g/mol. The van der Waals surface area contributed by atoms with Gasteiger partial charge in [-0.25, -0.2) is 0 Å². The maximum absolute atomic E-state index is 11.6. The number of hydrogen-bond donors (Lipinski definition) is 2. The summed E-state index contributed by atoms with van der Waals surface area (Å²) in [6, 6.07) is 3.11. The van der Waals surface area contributed by atoms with Gasteiger partial charge >= 0.3 is 0 Å². The van der Waals surface area contributed by atoms with Crippen molar-refractivity contribution in [1.29, 1.82) is 0 Å². The van der Waals surface area contributed by atoms with Crippen LogP contribution in [0.4, 0.5) is 0 Å². The van der Waals surface area contributed by atoms with Gasteiger partial charge in [-0.15, -0.1) is 0 Å². The molecule has 0 unspecified atom stereocenters. The third-order valence-corrected chi connectivity index (χ3v) is 1.56. The molecule has 0 bridgehead atoms. The van der Waals surface area contributed by atoms with Crippen LogP contribution < -0.4 is 10.0 Å². The lowest BCUT2D eigenvalue weighted by Gasteiger charge is -2.20.